The van der Waals surface area contributed by atoms with Crippen molar-refractivity contribution in [2.45, 2.75) is 45.6 Å². The first-order valence-electron chi connectivity index (χ1n) is 11.6. The number of amides is 2. The van der Waals surface area contributed by atoms with Crippen LogP contribution < -0.4 is 0 Å². The summed E-state index contributed by atoms with van der Waals surface area (Å²) in [5.41, 5.74) is 1.51. The average molecular weight is 452 g/mol. The maximum absolute atomic E-state index is 13.2. The molecule has 33 heavy (non-hydrogen) atoms. The van der Waals surface area contributed by atoms with E-state index < -0.39 is 0 Å². The van der Waals surface area contributed by atoms with Crippen LogP contribution in [0.15, 0.2) is 53.1 Å². The Labute approximate surface area is 193 Å². The van der Waals surface area contributed by atoms with Gasteiger partial charge in [-0.15, -0.1) is 0 Å². The summed E-state index contributed by atoms with van der Waals surface area (Å²) in [5.74, 6) is 0.0507. The van der Waals surface area contributed by atoms with E-state index >= 15 is 0 Å². The molecule has 4 rings (SSSR count). The van der Waals surface area contributed by atoms with E-state index in [4.69, 9.17) is 4.52 Å². The van der Waals surface area contributed by atoms with Crippen LogP contribution in [0.1, 0.15) is 60.4 Å². The molecule has 1 fully saturated rings. The zero-order valence-corrected chi connectivity index (χ0v) is 19.2. The van der Waals surface area contributed by atoms with Gasteiger partial charge in [-0.05, 0) is 81.8 Å². The van der Waals surface area contributed by atoms with Gasteiger partial charge in [-0.3, -0.25) is 9.59 Å². The lowest BCUT2D eigenvalue weighted by Crippen LogP contribution is -2.39. The molecule has 0 bridgehead atoms. The third kappa shape index (κ3) is 5.24. The second-order valence-electron chi connectivity index (χ2n) is 9.00. The number of piperidine rings is 1. The number of carbonyl (C=O) groups excluding carboxylic acids is 2. The first-order chi connectivity index (χ1) is 15.9. The molecule has 0 atom stereocenters. The lowest BCUT2D eigenvalue weighted by atomic mass is 9.91. The van der Waals surface area contributed by atoms with Crippen LogP contribution in [0.3, 0.4) is 0 Å². The van der Waals surface area contributed by atoms with Crippen molar-refractivity contribution in [3.63, 3.8) is 0 Å². The van der Waals surface area contributed by atoms with Crippen LogP contribution in [-0.4, -0.2) is 52.4 Å². The zero-order chi connectivity index (χ0) is 23.4. The van der Waals surface area contributed by atoms with E-state index in [2.05, 4.69) is 5.16 Å². The number of halogens is 1. The highest BCUT2D eigenvalue weighted by atomic mass is 19.1. The number of hydrogen-bond donors (Lipinski definition) is 0. The lowest BCUT2D eigenvalue weighted by molar-refractivity contribution is 0.0654. The van der Waals surface area contributed by atoms with Crippen LogP contribution in [0.5, 0.6) is 0 Å². The first-order valence-corrected chi connectivity index (χ1v) is 11.6. The van der Waals surface area contributed by atoms with Crippen molar-refractivity contribution in [2.24, 2.45) is 5.92 Å². The van der Waals surface area contributed by atoms with Crippen LogP contribution in [-0.2, 0) is 0 Å². The predicted molar refractivity (Wildman–Crippen MR) is 124 cm³/mol. The van der Waals surface area contributed by atoms with E-state index in [1.165, 1.54) is 12.1 Å². The van der Waals surface area contributed by atoms with Gasteiger partial charge in [0.15, 0.2) is 11.3 Å². The van der Waals surface area contributed by atoms with Gasteiger partial charge in [0.25, 0.3) is 11.8 Å². The van der Waals surface area contributed by atoms with Crippen molar-refractivity contribution in [1.82, 2.24) is 15.0 Å². The summed E-state index contributed by atoms with van der Waals surface area (Å²) in [5, 5.41) is 4.77. The molecule has 0 unspecified atom stereocenters. The highest BCUT2D eigenvalue weighted by molar-refractivity contribution is 6.04. The molecule has 174 valence electrons. The summed E-state index contributed by atoms with van der Waals surface area (Å²) in [4.78, 5) is 29.5. The number of nitrogens with zero attached hydrogens (tertiary/aromatic N) is 3. The summed E-state index contributed by atoms with van der Waals surface area (Å²) < 4.78 is 18.4. The number of carbonyl (C=O) groups is 2. The fourth-order valence-corrected chi connectivity index (χ4v) is 4.52. The molecule has 2 heterocycles. The van der Waals surface area contributed by atoms with Gasteiger partial charge >= 0.3 is 0 Å². The molecule has 1 aliphatic rings. The Morgan fingerprint density at radius 3 is 2.52 bits per heavy atom. The molecule has 1 saturated heterocycles. The number of benzene rings is 2. The molecule has 0 aliphatic carbocycles. The highest BCUT2D eigenvalue weighted by Crippen LogP contribution is 2.25. The first kappa shape index (κ1) is 23.0. The molecule has 6 nitrogen and oxygen atoms in total. The van der Waals surface area contributed by atoms with Gasteiger partial charge in [-0.2, -0.15) is 0 Å². The summed E-state index contributed by atoms with van der Waals surface area (Å²) in [6.07, 6.45) is 3.79. The van der Waals surface area contributed by atoms with Crippen molar-refractivity contribution >= 4 is 22.8 Å². The number of rotatable bonds is 7. The standard InChI is InChI=1S/C26H30FN3O3/c1-18(2)30(26(32)24-22-7-3-4-8-23(22)33-28-24)15-5-6-19-13-16-29(17-14-19)25(31)20-9-11-21(27)12-10-20/h3-4,7-12,18-19H,5-6,13-17H2,1-2H3. The molecule has 7 heteroatoms. The molecular formula is C26H30FN3O3. The fraction of sp³-hybridized carbons (Fsp3) is 0.423. The minimum Gasteiger partial charge on any atom is -0.355 e. The zero-order valence-electron chi connectivity index (χ0n) is 19.2. The predicted octanol–water partition coefficient (Wildman–Crippen LogP) is 5.15. The molecule has 3 aromatic rings. The van der Waals surface area contributed by atoms with Gasteiger partial charge in [0.1, 0.15) is 5.82 Å². The molecule has 0 spiro atoms. The Bertz CT molecular complexity index is 1100. The van der Waals surface area contributed by atoms with E-state index in [9.17, 15) is 14.0 Å². The van der Waals surface area contributed by atoms with E-state index in [0.29, 0.717) is 42.4 Å². The smallest absolute Gasteiger partial charge is 0.276 e. The molecular weight excluding hydrogens is 421 g/mol. The largest absolute Gasteiger partial charge is 0.355 e. The SMILES string of the molecule is CC(C)N(CCCC1CCN(C(=O)c2ccc(F)cc2)CC1)C(=O)c1noc2ccccc12. The van der Waals surface area contributed by atoms with Crippen LogP contribution in [0.2, 0.25) is 0 Å². The van der Waals surface area contributed by atoms with Crippen molar-refractivity contribution in [1.29, 1.82) is 0 Å². The monoisotopic (exact) mass is 451 g/mol. The van der Waals surface area contributed by atoms with E-state index in [1.807, 2.05) is 47.9 Å². The summed E-state index contributed by atoms with van der Waals surface area (Å²) in [6.45, 7) is 6.10. The Kier molecular flexibility index (Phi) is 7.06. The van der Waals surface area contributed by atoms with Gasteiger partial charge < -0.3 is 14.3 Å². The van der Waals surface area contributed by atoms with Crippen molar-refractivity contribution in [2.75, 3.05) is 19.6 Å². The summed E-state index contributed by atoms with van der Waals surface area (Å²) in [6, 6.07) is 13.2. The van der Waals surface area contributed by atoms with Gasteiger partial charge in [-0.1, -0.05) is 17.3 Å². The van der Waals surface area contributed by atoms with Crippen LogP contribution in [0.25, 0.3) is 11.0 Å². The van der Waals surface area contributed by atoms with Crippen molar-refractivity contribution in [3.8, 4) is 0 Å². The second-order valence-corrected chi connectivity index (χ2v) is 9.00. The second kappa shape index (κ2) is 10.1. The molecule has 0 N–H and O–H groups in total. The van der Waals surface area contributed by atoms with Gasteiger partial charge in [0.05, 0.1) is 5.39 Å². The molecule has 0 saturated carbocycles. The third-order valence-electron chi connectivity index (χ3n) is 6.47. The number of hydrogen-bond acceptors (Lipinski definition) is 4. The highest BCUT2D eigenvalue weighted by Gasteiger charge is 2.26. The quantitative estimate of drug-likeness (QED) is 0.498. The van der Waals surface area contributed by atoms with Gasteiger partial charge in [-0.25, -0.2) is 4.39 Å². The molecule has 1 aliphatic heterocycles. The van der Waals surface area contributed by atoms with Crippen molar-refractivity contribution < 1.29 is 18.5 Å². The molecule has 1 aromatic heterocycles. The van der Waals surface area contributed by atoms with E-state index in [0.717, 1.165) is 31.1 Å². The van der Waals surface area contributed by atoms with Gasteiger partial charge in [0, 0.05) is 31.2 Å². The maximum atomic E-state index is 13.2. The fourth-order valence-electron chi connectivity index (χ4n) is 4.52. The molecule has 0 radical (unpaired) electrons. The Morgan fingerprint density at radius 1 is 1.12 bits per heavy atom. The van der Waals surface area contributed by atoms with E-state index in [-0.39, 0.29) is 23.7 Å². The van der Waals surface area contributed by atoms with Gasteiger partial charge in [0.2, 0.25) is 0 Å². The Balaban J connectivity index is 1.28. The number of para-hydroxylation sites is 1. The minimum absolute atomic E-state index is 0.0372. The summed E-state index contributed by atoms with van der Waals surface area (Å²) >= 11 is 0. The minimum atomic E-state index is -0.337. The number of likely N-dealkylation sites (tertiary alicyclic amines) is 1. The van der Waals surface area contributed by atoms with Crippen molar-refractivity contribution in [3.05, 3.63) is 65.6 Å². The maximum Gasteiger partial charge on any atom is 0.276 e. The van der Waals surface area contributed by atoms with E-state index in [1.54, 1.807) is 12.1 Å². The van der Waals surface area contributed by atoms with Crippen LogP contribution in [0.4, 0.5) is 4.39 Å². The topological polar surface area (TPSA) is 66.7 Å². The summed E-state index contributed by atoms with van der Waals surface area (Å²) in [7, 11) is 0. The normalized spacial score (nSPS) is 14.7. The Morgan fingerprint density at radius 2 is 1.82 bits per heavy atom. The number of aromatic nitrogens is 1. The molecule has 2 aromatic carbocycles. The Hall–Kier alpha value is -3.22. The average Bonchev–Trinajstić information content (AvgIpc) is 3.26. The van der Waals surface area contributed by atoms with Crippen LogP contribution >= 0.6 is 0 Å². The lowest BCUT2D eigenvalue weighted by Gasteiger charge is -2.33. The molecule has 2 amide bonds. The van der Waals surface area contributed by atoms with Crippen LogP contribution in [0, 0.1) is 11.7 Å². The number of fused-ring (bicyclic) bond motifs is 1. The third-order valence-corrected chi connectivity index (χ3v) is 6.47.